The fraction of sp³-hybridized carbons (Fsp3) is 0.474. The molecule has 1 atom stereocenters. The topological polar surface area (TPSA) is 76.1 Å². The Labute approximate surface area is 147 Å². The number of ether oxygens (including phenoxy) is 2. The Morgan fingerprint density at radius 2 is 1.88 bits per heavy atom. The minimum absolute atomic E-state index is 0.276. The highest BCUT2D eigenvalue weighted by Crippen LogP contribution is 2.29. The maximum absolute atomic E-state index is 12.3. The maximum Gasteiger partial charge on any atom is 0.360 e. The third kappa shape index (κ3) is 4.52. The zero-order chi connectivity index (χ0) is 18.7. The molecule has 1 unspecified atom stereocenters. The van der Waals surface area contributed by atoms with Crippen LogP contribution in [0.25, 0.3) is 0 Å². The Kier molecular flexibility index (Phi) is 5.39. The number of benzene rings is 1. The van der Waals surface area contributed by atoms with E-state index in [1.165, 1.54) is 12.0 Å². The van der Waals surface area contributed by atoms with Gasteiger partial charge in [-0.2, -0.15) is 0 Å². The molecule has 0 bridgehead atoms. The average Bonchev–Trinajstić information content (AvgIpc) is 2.93. The molecule has 25 heavy (non-hydrogen) atoms. The zero-order valence-corrected chi connectivity index (χ0v) is 15.0. The van der Waals surface area contributed by atoms with Crippen molar-refractivity contribution in [3.05, 3.63) is 35.4 Å². The van der Waals surface area contributed by atoms with Crippen molar-refractivity contribution in [1.82, 2.24) is 4.90 Å². The Bertz CT molecular complexity index is 708. The van der Waals surface area contributed by atoms with E-state index >= 15 is 0 Å². The van der Waals surface area contributed by atoms with Gasteiger partial charge in [0.2, 0.25) is 5.72 Å². The Balaban J connectivity index is 2.15. The van der Waals surface area contributed by atoms with Crippen molar-refractivity contribution in [2.75, 3.05) is 13.7 Å². The molecule has 6 nitrogen and oxygen atoms in total. The lowest BCUT2D eigenvalue weighted by Crippen LogP contribution is -2.51. The highest BCUT2D eigenvalue weighted by molar-refractivity contribution is 5.89. The lowest BCUT2D eigenvalue weighted by molar-refractivity contribution is -0.189. The van der Waals surface area contributed by atoms with Crippen molar-refractivity contribution in [2.45, 2.75) is 44.9 Å². The minimum atomic E-state index is -1.73. The van der Waals surface area contributed by atoms with Crippen LogP contribution in [0.2, 0.25) is 0 Å². The van der Waals surface area contributed by atoms with Crippen molar-refractivity contribution in [2.24, 2.45) is 0 Å². The number of aliphatic hydroxyl groups is 1. The summed E-state index contributed by atoms with van der Waals surface area (Å²) in [6.45, 7) is 5.73. The van der Waals surface area contributed by atoms with Gasteiger partial charge in [0.15, 0.2) is 0 Å². The number of nitrogens with zero attached hydrogens (tertiary/aromatic N) is 1. The van der Waals surface area contributed by atoms with Crippen molar-refractivity contribution in [1.29, 1.82) is 0 Å². The van der Waals surface area contributed by atoms with Gasteiger partial charge in [0.25, 0.3) is 0 Å². The second-order valence-electron chi connectivity index (χ2n) is 6.88. The summed E-state index contributed by atoms with van der Waals surface area (Å²) in [5.41, 5.74) is -1.32. The van der Waals surface area contributed by atoms with E-state index in [9.17, 15) is 14.7 Å². The standard InChI is InChI=1S/C19H23NO5/c1-18(2,3)25-17(22)19(23)11-5-12-20(19)13-10-14-6-8-15(9-7-14)16(21)24-4/h6-9,23H,5,11-12H2,1-4H3. The van der Waals surface area contributed by atoms with Crippen molar-refractivity contribution in [3.8, 4) is 12.0 Å². The minimum Gasteiger partial charge on any atom is -0.465 e. The number of rotatable bonds is 2. The molecule has 0 amide bonds. The normalized spacial score (nSPS) is 19.8. The first-order valence-corrected chi connectivity index (χ1v) is 8.09. The summed E-state index contributed by atoms with van der Waals surface area (Å²) in [4.78, 5) is 25.2. The number of carbonyl (C=O) groups is 2. The van der Waals surface area contributed by atoms with Gasteiger partial charge in [-0.3, -0.25) is 4.90 Å². The highest BCUT2D eigenvalue weighted by atomic mass is 16.6. The van der Waals surface area contributed by atoms with Crippen LogP contribution in [0.3, 0.4) is 0 Å². The summed E-state index contributed by atoms with van der Waals surface area (Å²) in [5.74, 6) is 1.79. The number of hydrogen-bond donors (Lipinski definition) is 1. The van der Waals surface area contributed by atoms with Gasteiger partial charge in [-0.15, -0.1) is 0 Å². The molecule has 1 aromatic rings. The molecule has 6 heteroatoms. The van der Waals surface area contributed by atoms with Crippen molar-refractivity contribution >= 4 is 11.9 Å². The number of likely N-dealkylation sites (tertiary alicyclic amines) is 1. The van der Waals surface area contributed by atoms with Gasteiger partial charge in [-0.1, -0.05) is 0 Å². The molecule has 1 aromatic carbocycles. The molecule has 1 aliphatic rings. The van der Waals surface area contributed by atoms with E-state index in [1.807, 2.05) is 0 Å². The quantitative estimate of drug-likeness (QED) is 0.652. The smallest absolute Gasteiger partial charge is 0.360 e. The Morgan fingerprint density at radius 1 is 1.24 bits per heavy atom. The molecule has 0 radical (unpaired) electrons. The summed E-state index contributed by atoms with van der Waals surface area (Å²) in [6.07, 6.45) is 0.920. The van der Waals surface area contributed by atoms with E-state index in [4.69, 9.17) is 4.74 Å². The van der Waals surface area contributed by atoms with E-state index < -0.39 is 23.3 Å². The number of esters is 2. The summed E-state index contributed by atoms with van der Waals surface area (Å²) < 4.78 is 9.95. The van der Waals surface area contributed by atoms with Crippen LogP contribution in [-0.4, -0.2) is 46.9 Å². The molecule has 0 aliphatic carbocycles. The predicted octanol–water partition coefficient (Wildman–Crippen LogP) is 1.91. The fourth-order valence-electron chi connectivity index (χ4n) is 2.46. The molecule has 134 valence electrons. The fourth-order valence-corrected chi connectivity index (χ4v) is 2.46. The molecule has 1 N–H and O–H groups in total. The number of hydrogen-bond acceptors (Lipinski definition) is 6. The predicted molar refractivity (Wildman–Crippen MR) is 91.4 cm³/mol. The average molecular weight is 345 g/mol. The highest BCUT2D eigenvalue weighted by Gasteiger charge is 2.47. The van der Waals surface area contributed by atoms with Gasteiger partial charge < -0.3 is 14.6 Å². The Morgan fingerprint density at radius 3 is 2.44 bits per heavy atom. The number of carbonyl (C=O) groups excluding carboxylic acids is 2. The van der Waals surface area contributed by atoms with Gasteiger partial charge in [0.1, 0.15) is 5.60 Å². The largest absolute Gasteiger partial charge is 0.465 e. The first-order chi connectivity index (χ1) is 11.7. The summed E-state index contributed by atoms with van der Waals surface area (Å²) in [7, 11) is 1.32. The van der Waals surface area contributed by atoms with E-state index in [2.05, 4.69) is 16.7 Å². The van der Waals surface area contributed by atoms with E-state index in [1.54, 1.807) is 45.0 Å². The summed E-state index contributed by atoms with van der Waals surface area (Å²) in [5, 5.41) is 10.7. The van der Waals surface area contributed by atoms with Crippen LogP contribution in [0.5, 0.6) is 0 Å². The molecule has 2 rings (SSSR count). The molecule has 0 saturated carbocycles. The van der Waals surface area contributed by atoms with E-state index in [0.717, 1.165) is 0 Å². The SMILES string of the molecule is COC(=O)c1ccc(C#CN2CCCC2(O)C(=O)OC(C)(C)C)cc1. The summed E-state index contributed by atoms with van der Waals surface area (Å²) in [6, 6.07) is 9.42. The van der Waals surface area contributed by atoms with Gasteiger partial charge in [0.05, 0.1) is 12.7 Å². The number of methoxy groups -OCH3 is 1. The van der Waals surface area contributed by atoms with Gasteiger partial charge >= 0.3 is 11.9 Å². The third-order valence-electron chi connectivity index (χ3n) is 3.72. The molecule has 0 spiro atoms. The lowest BCUT2D eigenvalue weighted by Gasteiger charge is -2.31. The molecule has 0 aromatic heterocycles. The third-order valence-corrected chi connectivity index (χ3v) is 3.72. The first-order valence-electron chi connectivity index (χ1n) is 8.09. The van der Waals surface area contributed by atoms with Crippen LogP contribution in [0.15, 0.2) is 24.3 Å². The molecule has 1 heterocycles. The zero-order valence-electron chi connectivity index (χ0n) is 15.0. The Hall–Kier alpha value is -2.52. The molecule has 1 saturated heterocycles. The summed E-state index contributed by atoms with van der Waals surface area (Å²) >= 11 is 0. The lowest BCUT2D eigenvalue weighted by atomic mass is 10.1. The second-order valence-corrected chi connectivity index (χ2v) is 6.88. The van der Waals surface area contributed by atoms with E-state index in [0.29, 0.717) is 24.1 Å². The van der Waals surface area contributed by atoms with Gasteiger partial charge in [-0.05, 0) is 57.4 Å². The van der Waals surface area contributed by atoms with Crippen molar-refractivity contribution in [3.63, 3.8) is 0 Å². The molecular formula is C19H23NO5. The van der Waals surface area contributed by atoms with Gasteiger partial charge in [-0.25, -0.2) is 9.59 Å². The van der Waals surface area contributed by atoms with E-state index in [-0.39, 0.29) is 6.42 Å². The van der Waals surface area contributed by atoms with Gasteiger partial charge in [0, 0.05) is 24.6 Å². The first kappa shape index (κ1) is 18.8. The second kappa shape index (κ2) is 7.16. The van der Waals surface area contributed by atoms with Crippen LogP contribution in [0.4, 0.5) is 0 Å². The maximum atomic E-state index is 12.3. The van der Waals surface area contributed by atoms with Crippen molar-refractivity contribution < 1.29 is 24.2 Å². The van der Waals surface area contributed by atoms with Crippen LogP contribution in [-0.2, 0) is 14.3 Å². The van der Waals surface area contributed by atoms with Crippen LogP contribution < -0.4 is 0 Å². The molecular weight excluding hydrogens is 322 g/mol. The van der Waals surface area contributed by atoms with Crippen LogP contribution >= 0.6 is 0 Å². The monoisotopic (exact) mass is 345 g/mol. The molecule has 1 fully saturated rings. The molecule has 1 aliphatic heterocycles. The van der Waals surface area contributed by atoms with Crippen LogP contribution in [0.1, 0.15) is 49.5 Å². The van der Waals surface area contributed by atoms with Crippen LogP contribution in [0, 0.1) is 12.0 Å².